The first-order valence-electron chi connectivity index (χ1n) is 31.4. The van der Waals surface area contributed by atoms with Crippen LogP contribution in [0.4, 0.5) is 8.78 Å². The minimum absolute atomic E-state index is 0.215. The quantitative estimate of drug-likeness (QED) is 0.125. The van der Waals surface area contributed by atoms with E-state index in [2.05, 4.69) is 146 Å². The molecule has 0 fully saturated rings. The first-order valence-corrected chi connectivity index (χ1v) is 32.2. The summed E-state index contributed by atoms with van der Waals surface area (Å²) in [5, 5.41) is 15.6. The van der Waals surface area contributed by atoms with E-state index < -0.39 is 0 Å². The highest BCUT2D eigenvalue weighted by molar-refractivity contribution is 9.10. The molecule has 0 spiro atoms. The molecule has 6 aromatic heterocycles. The smallest absolute Gasteiger partial charge is 0.535 e. The maximum Gasteiger partial charge on any atom is 0.569 e. The van der Waals surface area contributed by atoms with Crippen molar-refractivity contribution in [3.05, 3.63) is 295 Å². The zero-order valence-corrected chi connectivity index (χ0v) is 54.0. The third-order valence-electron chi connectivity index (χ3n) is 17.4. The van der Waals surface area contributed by atoms with E-state index in [4.69, 9.17) is 42.9 Å². The highest BCUT2D eigenvalue weighted by Gasteiger charge is 2.26. The summed E-state index contributed by atoms with van der Waals surface area (Å²) in [6.07, 6.45) is 0. The predicted molar refractivity (Wildman–Crippen MR) is 390 cm³/mol. The molecule has 0 aliphatic rings. The Morgan fingerprint density at radius 1 is 0.378 bits per heavy atom. The number of rotatable bonds is 11. The summed E-state index contributed by atoms with van der Waals surface area (Å²) in [4.78, 5) is 20.4. The summed E-state index contributed by atoms with van der Waals surface area (Å²) in [6.45, 7) is 0. The van der Waals surface area contributed by atoms with Gasteiger partial charge in [-0.3, -0.25) is 0 Å². The van der Waals surface area contributed by atoms with Crippen molar-refractivity contribution in [3.63, 3.8) is 0 Å². The van der Waals surface area contributed by atoms with Gasteiger partial charge in [0.2, 0.25) is 5.75 Å². The van der Waals surface area contributed by atoms with Gasteiger partial charge >= 0.3 is 7.69 Å². The molecular weight excluding hydrogens is 1290 g/mol. The molecule has 18 rings (SSSR count). The van der Waals surface area contributed by atoms with Gasteiger partial charge < -0.3 is 37.1 Å². The fourth-order valence-electron chi connectivity index (χ4n) is 13.0. The molecule has 0 aliphatic heterocycles. The molecule has 12 nitrogen and oxygen atoms in total. The number of methoxy groups -OCH3 is 2. The standard InChI is InChI=1S/C41H26FN3O2.C35H23BN3O4.C6H4BrF/c1-46-38-31(28-16-5-8-19-33(28)42)22-23-32-37-40(47-39(32)38)36(25-12-3-2-4-13-25)43-41(44-37)26-14-11-15-27(24-26)45-34-20-9-6-17-29(34)30-18-7-10-21-35(30)45;1-41-33-29(43-36-40)19-18-26-31-34(42-32(26)33)30(21-10-3-2-4-11-21)37-35(38-31)22-12-9-13-23(20-22)39-27-16-7-5-14-24(27)25-15-6-8-17-28(25)39;7-5-3-1-2-4-6(5)8/h2-24H,1H3;2-20,40H,1H3;1-4H. The normalized spacial score (nSPS) is 11.4. The van der Waals surface area contributed by atoms with E-state index >= 15 is 0 Å². The lowest BCUT2D eigenvalue weighted by molar-refractivity contribution is 0.380. The Kier molecular flexibility index (Phi) is 16.0. The Morgan fingerprint density at radius 2 is 0.786 bits per heavy atom. The zero-order valence-electron chi connectivity index (χ0n) is 52.4. The van der Waals surface area contributed by atoms with Crippen LogP contribution in [0.3, 0.4) is 0 Å². The van der Waals surface area contributed by atoms with E-state index in [9.17, 15) is 13.8 Å². The highest BCUT2D eigenvalue weighted by Crippen LogP contribution is 2.46. The number of hydrogen-bond acceptors (Lipinski definition) is 10. The molecule has 0 aliphatic carbocycles. The van der Waals surface area contributed by atoms with Crippen LogP contribution in [0, 0.1) is 11.6 Å². The molecule has 1 radical (unpaired) electrons. The molecule has 0 amide bonds. The van der Waals surface area contributed by atoms with Crippen LogP contribution in [-0.4, -0.2) is 56.0 Å². The minimum Gasteiger partial charge on any atom is -0.535 e. The average Bonchev–Trinajstić information content (AvgIpc) is 1.59. The third-order valence-corrected chi connectivity index (χ3v) is 18.0. The largest absolute Gasteiger partial charge is 0.569 e. The molecular formula is C82H53BBrF2N6O6. The number of para-hydroxylation sites is 4. The van der Waals surface area contributed by atoms with Gasteiger partial charge in [0.05, 0.1) is 51.5 Å². The van der Waals surface area contributed by atoms with Crippen molar-refractivity contribution in [1.82, 2.24) is 29.1 Å². The molecule has 12 aromatic carbocycles. The van der Waals surface area contributed by atoms with Crippen LogP contribution in [-0.2, 0) is 0 Å². The fraction of sp³-hybridized carbons (Fsp3) is 0.0244. The molecule has 0 atom stereocenters. The van der Waals surface area contributed by atoms with Crippen LogP contribution in [0.1, 0.15) is 0 Å². The number of halogens is 3. The van der Waals surface area contributed by atoms with E-state index in [1.165, 1.54) is 40.8 Å². The summed E-state index contributed by atoms with van der Waals surface area (Å²) < 4.78 is 62.0. The Balaban J connectivity index is 0.000000138. The monoisotopic (exact) mass is 1350 g/mol. The molecule has 6 heterocycles. The van der Waals surface area contributed by atoms with Gasteiger partial charge in [-0.25, -0.2) is 28.7 Å². The van der Waals surface area contributed by atoms with Crippen LogP contribution in [0.15, 0.2) is 292 Å². The number of hydrogen-bond donors (Lipinski definition) is 1. The number of benzene rings is 12. The Hall–Kier alpha value is -12.2. The van der Waals surface area contributed by atoms with E-state index in [-0.39, 0.29) is 11.6 Å². The number of fused-ring (bicyclic) bond motifs is 12. The van der Waals surface area contributed by atoms with Gasteiger partial charge in [0.25, 0.3) is 0 Å². The Morgan fingerprint density at radius 3 is 1.22 bits per heavy atom. The van der Waals surface area contributed by atoms with Crippen molar-refractivity contribution in [2.24, 2.45) is 0 Å². The first-order chi connectivity index (χ1) is 48.2. The third kappa shape index (κ3) is 10.8. The van der Waals surface area contributed by atoms with Gasteiger partial charge in [0, 0.05) is 66.3 Å². The lowest BCUT2D eigenvalue weighted by atomic mass is 10.0. The number of furan rings is 2. The SMILES string of the molecule is COc1c(-c2ccccc2F)ccc2c1oc1c(-c3ccccc3)nc(-c3cccc(-n4c5ccccc5c5ccccc54)c3)nc12.COc1c(O[B]O)ccc2c1oc1c(-c3ccccc3)nc(-c3cccc(-n4c5ccccc5c5ccccc54)c3)nc12.Fc1ccccc1Br. The van der Waals surface area contributed by atoms with Gasteiger partial charge in [-0.05, 0) is 107 Å². The molecule has 0 bridgehead atoms. The summed E-state index contributed by atoms with van der Waals surface area (Å²) in [5.41, 5.74) is 15.8. The fourth-order valence-corrected chi connectivity index (χ4v) is 13.3. The molecule has 471 valence electrons. The molecule has 98 heavy (non-hydrogen) atoms. The maximum atomic E-state index is 14.9. The average molecular weight is 1350 g/mol. The van der Waals surface area contributed by atoms with Crippen molar-refractivity contribution in [3.8, 4) is 85.0 Å². The zero-order chi connectivity index (χ0) is 66.4. The number of nitrogens with zero attached hydrogens (tertiary/aromatic N) is 6. The van der Waals surface area contributed by atoms with Crippen molar-refractivity contribution < 1.29 is 36.8 Å². The summed E-state index contributed by atoms with van der Waals surface area (Å²) >= 11 is 3.02. The molecule has 0 saturated heterocycles. The van der Waals surface area contributed by atoms with E-state index in [1.807, 2.05) is 103 Å². The van der Waals surface area contributed by atoms with E-state index in [0.717, 1.165) is 66.5 Å². The molecule has 18 aromatic rings. The van der Waals surface area contributed by atoms with Crippen LogP contribution in [0.2, 0.25) is 0 Å². The Labute approximate surface area is 568 Å². The molecule has 16 heteroatoms. The maximum absolute atomic E-state index is 14.9. The topological polar surface area (TPSA) is 136 Å². The Bertz CT molecular complexity index is 5950. The number of aromatic nitrogens is 6. The number of ether oxygens (including phenoxy) is 2. The van der Waals surface area contributed by atoms with Gasteiger partial charge in [-0.2, -0.15) is 0 Å². The molecule has 0 saturated carbocycles. The summed E-state index contributed by atoms with van der Waals surface area (Å²) in [6, 6.07) is 90.8. The molecule has 1 N–H and O–H groups in total. The summed E-state index contributed by atoms with van der Waals surface area (Å²) in [7, 11) is 3.72. The predicted octanol–water partition coefficient (Wildman–Crippen LogP) is 20.9. The second kappa shape index (κ2) is 25.8. The lowest BCUT2D eigenvalue weighted by Gasteiger charge is -2.11. The summed E-state index contributed by atoms with van der Waals surface area (Å²) in [5.74, 6) is 1.71. The van der Waals surface area contributed by atoms with Crippen molar-refractivity contribution in [2.45, 2.75) is 0 Å². The molecule has 0 unspecified atom stereocenters. The van der Waals surface area contributed by atoms with Gasteiger partial charge in [0.15, 0.2) is 39.7 Å². The van der Waals surface area contributed by atoms with Crippen LogP contribution < -0.4 is 14.1 Å². The van der Waals surface area contributed by atoms with Crippen LogP contribution >= 0.6 is 15.9 Å². The minimum atomic E-state index is -0.337. The van der Waals surface area contributed by atoms with Crippen molar-refractivity contribution in [2.75, 3.05) is 14.2 Å². The van der Waals surface area contributed by atoms with Gasteiger partial charge in [-0.1, -0.05) is 188 Å². The van der Waals surface area contributed by atoms with E-state index in [0.29, 0.717) is 96.9 Å². The van der Waals surface area contributed by atoms with Crippen LogP contribution in [0.25, 0.3) is 156 Å². The first kappa shape index (κ1) is 60.7. The van der Waals surface area contributed by atoms with Crippen molar-refractivity contribution >= 4 is 111 Å². The highest BCUT2D eigenvalue weighted by atomic mass is 79.9. The second-order valence-corrected chi connectivity index (χ2v) is 23.9. The van der Waals surface area contributed by atoms with E-state index in [1.54, 1.807) is 49.6 Å². The van der Waals surface area contributed by atoms with Gasteiger partial charge in [-0.15, -0.1) is 0 Å². The van der Waals surface area contributed by atoms with Crippen LogP contribution in [0.5, 0.6) is 17.2 Å². The lowest BCUT2D eigenvalue weighted by Crippen LogP contribution is -2.01. The second-order valence-electron chi connectivity index (χ2n) is 23.0. The van der Waals surface area contributed by atoms with Crippen molar-refractivity contribution in [1.29, 1.82) is 0 Å². The van der Waals surface area contributed by atoms with Gasteiger partial charge in [0.1, 0.15) is 39.8 Å².